The summed E-state index contributed by atoms with van der Waals surface area (Å²) in [6, 6.07) is 1.94. The largest absolute Gasteiger partial charge is 0.347 e. The van der Waals surface area contributed by atoms with E-state index in [1.54, 1.807) is 4.57 Å². The normalized spacial score (nSPS) is 10.5. The topological polar surface area (TPSA) is 34.9 Å². The summed E-state index contributed by atoms with van der Waals surface area (Å²) in [7, 11) is 0. The van der Waals surface area contributed by atoms with E-state index in [2.05, 4.69) is 20.9 Å². The molecular weight excluding hydrogens is 244 g/mol. The molecule has 0 aliphatic rings. The summed E-state index contributed by atoms with van der Waals surface area (Å²) in [5, 5.41) is 0.986. The number of halogens is 1. The Labute approximate surface area is 92.3 Å². The Morgan fingerprint density at radius 1 is 1.43 bits per heavy atom. The van der Waals surface area contributed by atoms with Crippen LogP contribution < -0.4 is 5.69 Å². The van der Waals surface area contributed by atoms with Gasteiger partial charge in [-0.2, -0.15) is 4.98 Å². The van der Waals surface area contributed by atoms with Crippen molar-refractivity contribution in [2.75, 3.05) is 5.33 Å². The SMILES string of the molecule is Cc1cc(C)n(CCCCBr)c(=O)n1. The maximum Gasteiger partial charge on any atom is 0.347 e. The fourth-order valence-corrected chi connectivity index (χ4v) is 1.81. The second-order valence-electron chi connectivity index (χ2n) is 3.37. The van der Waals surface area contributed by atoms with Gasteiger partial charge in [0.1, 0.15) is 0 Å². The minimum Gasteiger partial charge on any atom is -0.297 e. The number of unbranched alkanes of at least 4 members (excludes halogenated alkanes) is 1. The Bertz CT molecular complexity index is 360. The summed E-state index contributed by atoms with van der Waals surface area (Å²) >= 11 is 3.37. The summed E-state index contributed by atoms with van der Waals surface area (Å²) < 4.78 is 1.73. The molecule has 0 saturated carbocycles. The zero-order valence-corrected chi connectivity index (χ0v) is 10.2. The highest BCUT2D eigenvalue weighted by atomic mass is 79.9. The smallest absolute Gasteiger partial charge is 0.297 e. The Balaban J connectivity index is 2.81. The van der Waals surface area contributed by atoms with Crippen molar-refractivity contribution in [1.29, 1.82) is 0 Å². The number of aryl methyl sites for hydroxylation is 2. The van der Waals surface area contributed by atoms with E-state index in [0.29, 0.717) is 0 Å². The van der Waals surface area contributed by atoms with Crippen molar-refractivity contribution in [3.05, 3.63) is 27.9 Å². The van der Waals surface area contributed by atoms with Gasteiger partial charge in [0, 0.05) is 23.3 Å². The first-order valence-electron chi connectivity index (χ1n) is 4.76. The third-order valence-corrected chi connectivity index (χ3v) is 2.67. The molecule has 4 heteroatoms. The van der Waals surface area contributed by atoms with E-state index in [9.17, 15) is 4.79 Å². The van der Waals surface area contributed by atoms with Crippen LogP contribution in [0.25, 0.3) is 0 Å². The number of hydrogen-bond donors (Lipinski definition) is 0. The zero-order valence-electron chi connectivity index (χ0n) is 8.59. The van der Waals surface area contributed by atoms with Crippen LogP contribution in [-0.4, -0.2) is 14.9 Å². The molecule has 0 radical (unpaired) electrons. The summed E-state index contributed by atoms with van der Waals surface area (Å²) in [6.45, 7) is 4.56. The Morgan fingerprint density at radius 2 is 2.14 bits per heavy atom. The van der Waals surface area contributed by atoms with Gasteiger partial charge in [-0.25, -0.2) is 4.79 Å². The molecule has 0 unspecified atom stereocenters. The Kier molecular flexibility index (Phi) is 4.32. The van der Waals surface area contributed by atoms with E-state index in [4.69, 9.17) is 0 Å². The number of nitrogens with zero attached hydrogens (tertiary/aromatic N) is 2. The second-order valence-corrected chi connectivity index (χ2v) is 4.16. The lowest BCUT2D eigenvalue weighted by molar-refractivity contribution is 0.585. The third kappa shape index (κ3) is 2.94. The fraction of sp³-hybridized carbons (Fsp3) is 0.600. The first-order chi connectivity index (χ1) is 6.65. The molecule has 0 aliphatic heterocycles. The lowest BCUT2D eigenvalue weighted by Gasteiger charge is -2.08. The summed E-state index contributed by atoms with van der Waals surface area (Å²) in [6.07, 6.45) is 2.09. The molecule has 14 heavy (non-hydrogen) atoms. The molecular formula is C10H15BrN2O. The molecule has 0 atom stereocenters. The lowest BCUT2D eigenvalue weighted by Crippen LogP contribution is -2.25. The number of alkyl halides is 1. The minimum absolute atomic E-state index is 0.128. The second kappa shape index (κ2) is 5.29. The first-order valence-corrected chi connectivity index (χ1v) is 5.88. The highest BCUT2D eigenvalue weighted by Gasteiger charge is 2.01. The molecule has 0 spiro atoms. The van der Waals surface area contributed by atoms with Crippen LogP contribution in [0.15, 0.2) is 10.9 Å². The van der Waals surface area contributed by atoms with Crippen LogP contribution in [0.2, 0.25) is 0 Å². The summed E-state index contributed by atoms with van der Waals surface area (Å²) in [5.41, 5.74) is 1.67. The van der Waals surface area contributed by atoms with Crippen LogP contribution in [0.1, 0.15) is 24.2 Å². The molecule has 0 aliphatic carbocycles. The monoisotopic (exact) mass is 258 g/mol. The fourth-order valence-electron chi connectivity index (χ4n) is 1.41. The molecule has 0 amide bonds. The number of rotatable bonds is 4. The van der Waals surface area contributed by atoms with Gasteiger partial charge in [-0.3, -0.25) is 4.57 Å². The van der Waals surface area contributed by atoms with Crippen LogP contribution in [0.4, 0.5) is 0 Å². The molecule has 3 nitrogen and oxygen atoms in total. The maximum absolute atomic E-state index is 11.5. The predicted octanol–water partition coefficient (Wildman–Crippen LogP) is 2.04. The van der Waals surface area contributed by atoms with Gasteiger partial charge < -0.3 is 0 Å². The van der Waals surface area contributed by atoms with Crippen molar-refractivity contribution in [3.63, 3.8) is 0 Å². The van der Waals surface area contributed by atoms with Crippen LogP contribution in [-0.2, 0) is 6.54 Å². The van der Waals surface area contributed by atoms with E-state index >= 15 is 0 Å². The van der Waals surface area contributed by atoms with E-state index in [0.717, 1.165) is 36.1 Å². The van der Waals surface area contributed by atoms with Gasteiger partial charge >= 0.3 is 5.69 Å². The van der Waals surface area contributed by atoms with Crippen molar-refractivity contribution >= 4 is 15.9 Å². The van der Waals surface area contributed by atoms with E-state index < -0.39 is 0 Å². The van der Waals surface area contributed by atoms with Crippen molar-refractivity contribution in [1.82, 2.24) is 9.55 Å². The molecule has 0 fully saturated rings. The van der Waals surface area contributed by atoms with Gasteiger partial charge in [-0.1, -0.05) is 15.9 Å². The number of hydrogen-bond acceptors (Lipinski definition) is 2. The highest BCUT2D eigenvalue weighted by molar-refractivity contribution is 9.09. The van der Waals surface area contributed by atoms with Crippen LogP contribution >= 0.6 is 15.9 Å². The van der Waals surface area contributed by atoms with Gasteiger partial charge in [0.25, 0.3) is 0 Å². The first kappa shape index (κ1) is 11.4. The molecule has 0 N–H and O–H groups in total. The van der Waals surface area contributed by atoms with Crippen LogP contribution in [0.5, 0.6) is 0 Å². The molecule has 1 rings (SSSR count). The van der Waals surface area contributed by atoms with E-state index in [-0.39, 0.29) is 5.69 Å². The van der Waals surface area contributed by atoms with Crippen molar-refractivity contribution in [2.45, 2.75) is 33.2 Å². The van der Waals surface area contributed by atoms with Gasteiger partial charge in [-0.15, -0.1) is 0 Å². The van der Waals surface area contributed by atoms with Gasteiger partial charge in [0.2, 0.25) is 0 Å². The minimum atomic E-state index is -0.128. The van der Waals surface area contributed by atoms with Crippen molar-refractivity contribution in [2.24, 2.45) is 0 Å². The highest BCUT2D eigenvalue weighted by Crippen LogP contribution is 2.00. The van der Waals surface area contributed by atoms with Gasteiger partial charge in [0.15, 0.2) is 0 Å². The molecule has 1 aromatic rings. The van der Waals surface area contributed by atoms with Crippen molar-refractivity contribution in [3.8, 4) is 0 Å². The average Bonchev–Trinajstić information content (AvgIpc) is 2.09. The molecule has 0 saturated heterocycles. The quantitative estimate of drug-likeness (QED) is 0.612. The average molecular weight is 259 g/mol. The summed E-state index contributed by atoms with van der Waals surface area (Å²) in [4.78, 5) is 15.4. The lowest BCUT2D eigenvalue weighted by atomic mass is 10.3. The van der Waals surface area contributed by atoms with Crippen molar-refractivity contribution < 1.29 is 0 Å². The summed E-state index contributed by atoms with van der Waals surface area (Å²) in [5.74, 6) is 0. The molecule has 0 aromatic carbocycles. The van der Waals surface area contributed by atoms with Gasteiger partial charge in [-0.05, 0) is 32.8 Å². The standard InChI is InChI=1S/C10H15BrN2O/c1-8-7-9(2)13(10(14)12-8)6-4-3-5-11/h7H,3-6H2,1-2H3. The maximum atomic E-state index is 11.5. The number of aromatic nitrogens is 2. The predicted molar refractivity (Wildman–Crippen MR) is 61.0 cm³/mol. The Hall–Kier alpha value is -0.640. The van der Waals surface area contributed by atoms with Crippen LogP contribution in [0.3, 0.4) is 0 Å². The molecule has 1 heterocycles. The third-order valence-electron chi connectivity index (χ3n) is 2.11. The molecule has 0 bridgehead atoms. The van der Waals surface area contributed by atoms with Gasteiger partial charge in [0.05, 0.1) is 0 Å². The van der Waals surface area contributed by atoms with E-state index in [1.807, 2.05) is 19.9 Å². The molecule has 1 aromatic heterocycles. The van der Waals surface area contributed by atoms with Crippen LogP contribution in [0, 0.1) is 13.8 Å². The zero-order chi connectivity index (χ0) is 10.6. The molecule has 78 valence electrons. The van der Waals surface area contributed by atoms with E-state index in [1.165, 1.54) is 0 Å². The Morgan fingerprint density at radius 3 is 2.71 bits per heavy atom.